The fourth-order valence-corrected chi connectivity index (χ4v) is 2.51. The second kappa shape index (κ2) is 7.09. The Hall–Kier alpha value is -0.830. The van der Waals surface area contributed by atoms with Gasteiger partial charge in [-0.25, -0.2) is 0 Å². The predicted molar refractivity (Wildman–Crippen MR) is 79.1 cm³/mol. The fourth-order valence-electron chi connectivity index (χ4n) is 2.51. The van der Waals surface area contributed by atoms with Crippen molar-refractivity contribution in [1.29, 1.82) is 0 Å². The highest BCUT2D eigenvalue weighted by Crippen LogP contribution is 2.33. The molecule has 0 radical (unpaired) electrons. The number of hydrogen-bond acceptors (Lipinski definition) is 3. The van der Waals surface area contributed by atoms with Gasteiger partial charge in [-0.3, -0.25) is 9.69 Å². The first-order valence-corrected chi connectivity index (χ1v) is 7.49. The van der Waals surface area contributed by atoms with Crippen LogP contribution in [-0.4, -0.2) is 35.1 Å². The molecule has 1 fully saturated rings. The minimum atomic E-state index is -0.395. The molecule has 0 aromatic heterocycles. The Morgan fingerprint density at radius 3 is 2.53 bits per heavy atom. The van der Waals surface area contributed by atoms with E-state index in [1.165, 1.54) is 32.1 Å². The van der Waals surface area contributed by atoms with Crippen LogP contribution in [0.25, 0.3) is 0 Å². The highest BCUT2D eigenvalue weighted by Gasteiger charge is 2.45. The summed E-state index contributed by atoms with van der Waals surface area (Å²) in [5, 5.41) is 0. The lowest BCUT2D eigenvalue weighted by molar-refractivity contribution is -0.154. The third-order valence-electron chi connectivity index (χ3n) is 3.44. The predicted octanol–water partition coefficient (Wildman–Crippen LogP) is 3.54. The summed E-state index contributed by atoms with van der Waals surface area (Å²) in [5.41, 5.74) is -0.395. The number of carbonyl (C=O) groups is 1. The molecule has 0 spiro atoms. The van der Waals surface area contributed by atoms with Crippen molar-refractivity contribution < 1.29 is 9.53 Å². The highest BCUT2D eigenvalue weighted by atomic mass is 16.6. The van der Waals surface area contributed by atoms with Crippen molar-refractivity contribution in [3.63, 3.8) is 0 Å². The molecule has 1 saturated heterocycles. The zero-order valence-electron chi connectivity index (χ0n) is 12.9. The summed E-state index contributed by atoms with van der Waals surface area (Å²) in [6, 6.07) is 0.871. The Morgan fingerprint density at radius 2 is 2.00 bits per heavy atom. The van der Waals surface area contributed by atoms with Crippen molar-refractivity contribution in [1.82, 2.24) is 4.90 Å². The van der Waals surface area contributed by atoms with Crippen molar-refractivity contribution in [2.45, 2.75) is 77.5 Å². The van der Waals surface area contributed by atoms with Crippen LogP contribution in [0.4, 0.5) is 0 Å². The smallest absolute Gasteiger partial charge is 0.320 e. The van der Waals surface area contributed by atoms with E-state index < -0.39 is 5.60 Å². The van der Waals surface area contributed by atoms with Crippen molar-refractivity contribution in [2.75, 3.05) is 6.54 Å². The number of rotatable bonds is 8. The quantitative estimate of drug-likeness (QED) is 0.291. The SMILES string of the molecule is C=C[C@@H]1[C@@H](CCCCCC)N1CC(=O)OC(C)(C)C. The molecule has 0 aromatic rings. The van der Waals surface area contributed by atoms with Crippen LogP contribution in [0.15, 0.2) is 12.7 Å². The molecule has 1 unspecified atom stereocenters. The summed E-state index contributed by atoms with van der Waals surface area (Å²) in [5.74, 6) is -0.129. The van der Waals surface area contributed by atoms with Crippen LogP contribution in [0.5, 0.6) is 0 Å². The van der Waals surface area contributed by atoms with Gasteiger partial charge in [0.25, 0.3) is 0 Å². The van der Waals surface area contributed by atoms with Crippen LogP contribution in [0.3, 0.4) is 0 Å². The molecule has 3 atom stereocenters. The maximum absolute atomic E-state index is 11.8. The number of carbonyl (C=O) groups excluding carboxylic acids is 1. The van der Waals surface area contributed by atoms with Gasteiger partial charge in [-0.05, 0) is 27.2 Å². The fraction of sp³-hybridized carbons (Fsp3) is 0.812. The molecule has 1 aliphatic rings. The Bertz CT molecular complexity index is 306. The highest BCUT2D eigenvalue weighted by molar-refractivity contribution is 5.72. The second-order valence-corrected chi connectivity index (χ2v) is 6.40. The van der Waals surface area contributed by atoms with Crippen molar-refractivity contribution in [3.05, 3.63) is 12.7 Å². The van der Waals surface area contributed by atoms with Crippen LogP contribution < -0.4 is 0 Å². The summed E-state index contributed by atoms with van der Waals surface area (Å²) >= 11 is 0. The number of unbranched alkanes of at least 4 members (excludes halogenated alkanes) is 3. The van der Waals surface area contributed by atoms with Crippen molar-refractivity contribution >= 4 is 5.97 Å². The van der Waals surface area contributed by atoms with E-state index in [1.807, 2.05) is 26.8 Å². The second-order valence-electron chi connectivity index (χ2n) is 6.40. The molecule has 0 amide bonds. The minimum absolute atomic E-state index is 0.129. The van der Waals surface area contributed by atoms with E-state index in [4.69, 9.17) is 4.74 Å². The lowest BCUT2D eigenvalue weighted by atomic mass is 10.1. The molecule has 0 bridgehead atoms. The molecule has 0 N–H and O–H groups in total. The first-order chi connectivity index (χ1) is 8.89. The van der Waals surface area contributed by atoms with Crippen molar-refractivity contribution in [3.8, 4) is 0 Å². The molecular formula is C16H29NO2. The zero-order valence-corrected chi connectivity index (χ0v) is 12.9. The average Bonchev–Trinajstić information content (AvgIpc) is 2.94. The first kappa shape index (κ1) is 16.2. The van der Waals surface area contributed by atoms with Gasteiger partial charge in [0.1, 0.15) is 5.60 Å². The molecule has 0 saturated carbocycles. The molecule has 19 heavy (non-hydrogen) atoms. The van der Waals surface area contributed by atoms with E-state index in [1.54, 1.807) is 0 Å². The van der Waals surface area contributed by atoms with Gasteiger partial charge in [0.15, 0.2) is 0 Å². The van der Waals surface area contributed by atoms with Gasteiger partial charge in [-0.2, -0.15) is 0 Å². The topological polar surface area (TPSA) is 29.3 Å². The van der Waals surface area contributed by atoms with Crippen molar-refractivity contribution in [2.24, 2.45) is 0 Å². The van der Waals surface area contributed by atoms with E-state index in [0.717, 1.165) is 0 Å². The molecule has 0 aromatic carbocycles. The summed E-state index contributed by atoms with van der Waals surface area (Å²) in [6.07, 6.45) is 8.22. The van der Waals surface area contributed by atoms with Gasteiger partial charge in [0.05, 0.1) is 6.54 Å². The van der Waals surface area contributed by atoms with Gasteiger partial charge in [-0.15, -0.1) is 6.58 Å². The Balaban J connectivity index is 2.29. The molecule has 0 aliphatic carbocycles. The molecule has 3 nitrogen and oxygen atoms in total. The Labute approximate surface area is 118 Å². The maximum atomic E-state index is 11.8. The van der Waals surface area contributed by atoms with E-state index in [-0.39, 0.29) is 5.97 Å². The molecule has 1 rings (SSSR count). The average molecular weight is 267 g/mol. The first-order valence-electron chi connectivity index (χ1n) is 7.49. The molecule has 3 heteroatoms. The van der Waals surface area contributed by atoms with E-state index >= 15 is 0 Å². The number of ether oxygens (including phenoxy) is 1. The molecular weight excluding hydrogens is 238 g/mol. The van der Waals surface area contributed by atoms with Crippen LogP contribution in [0.2, 0.25) is 0 Å². The number of nitrogens with zero attached hydrogens (tertiary/aromatic N) is 1. The van der Waals surface area contributed by atoms with Gasteiger partial charge in [0, 0.05) is 12.1 Å². The van der Waals surface area contributed by atoms with Gasteiger partial charge >= 0.3 is 5.97 Å². The third-order valence-corrected chi connectivity index (χ3v) is 3.44. The van der Waals surface area contributed by atoms with Gasteiger partial charge in [-0.1, -0.05) is 38.7 Å². The Morgan fingerprint density at radius 1 is 1.32 bits per heavy atom. The van der Waals surface area contributed by atoms with Crippen LogP contribution >= 0.6 is 0 Å². The van der Waals surface area contributed by atoms with E-state index in [0.29, 0.717) is 18.6 Å². The summed E-state index contributed by atoms with van der Waals surface area (Å²) < 4.78 is 5.36. The monoisotopic (exact) mass is 267 g/mol. The zero-order chi connectivity index (χ0) is 14.5. The van der Waals surface area contributed by atoms with Crippen LogP contribution in [0.1, 0.15) is 59.8 Å². The number of hydrogen-bond donors (Lipinski definition) is 0. The number of esters is 1. The van der Waals surface area contributed by atoms with Gasteiger partial charge in [0.2, 0.25) is 0 Å². The van der Waals surface area contributed by atoms with E-state index in [2.05, 4.69) is 18.4 Å². The van der Waals surface area contributed by atoms with E-state index in [9.17, 15) is 4.79 Å². The molecule has 1 heterocycles. The molecule has 110 valence electrons. The third kappa shape index (κ3) is 5.77. The molecule has 1 aliphatic heterocycles. The lowest BCUT2D eigenvalue weighted by Gasteiger charge is -2.19. The largest absolute Gasteiger partial charge is 0.459 e. The van der Waals surface area contributed by atoms with Gasteiger partial charge < -0.3 is 4.74 Å². The summed E-state index contributed by atoms with van der Waals surface area (Å²) in [6.45, 7) is 12.2. The normalized spacial score (nSPS) is 26.0. The summed E-state index contributed by atoms with van der Waals surface area (Å²) in [4.78, 5) is 14.0. The van der Waals surface area contributed by atoms with Crippen LogP contribution in [0, 0.1) is 0 Å². The standard InChI is InChI=1S/C16H29NO2/c1-6-8-9-10-11-14-13(7-2)17(14)12-15(18)19-16(3,4)5/h7,13-14H,2,6,8-12H2,1,3-5H3/t13-,14-,17?/m1/s1. The Kier molecular flexibility index (Phi) is 6.05. The van der Waals surface area contributed by atoms with Crippen LogP contribution in [-0.2, 0) is 9.53 Å². The summed E-state index contributed by atoms with van der Waals surface area (Å²) in [7, 11) is 0. The minimum Gasteiger partial charge on any atom is -0.459 e. The maximum Gasteiger partial charge on any atom is 0.320 e. The lowest BCUT2D eigenvalue weighted by Crippen LogP contribution is -2.28.